The van der Waals surface area contributed by atoms with Crippen molar-refractivity contribution in [2.24, 2.45) is 16.1 Å². The lowest BCUT2D eigenvalue weighted by Crippen LogP contribution is -2.69. The van der Waals surface area contributed by atoms with E-state index in [2.05, 4.69) is 20.1 Å². The second kappa shape index (κ2) is 39.2. The summed E-state index contributed by atoms with van der Waals surface area (Å²) in [6.45, 7) is -1.24. The molecule has 6 aromatic rings. The number of aliphatic carboxylic acids is 1. The van der Waals surface area contributed by atoms with Gasteiger partial charge in [-0.3, -0.25) is 0 Å². The summed E-state index contributed by atoms with van der Waals surface area (Å²) in [5, 5.41) is 78.4. The minimum Gasteiger partial charge on any atom is -0.479 e. The Morgan fingerprint density at radius 3 is 1.17 bits per heavy atom. The number of benzene rings is 6. The molecule has 0 radical (unpaired) electrons. The Balaban J connectivity index is 0.915. The van der Waals surface area contributed by atoms with E-state index in [1.54, 1.807) is 97.9 Å². The van der Waals surface area contributed by atoms with Gasteiger partial charge in [-0.05, 0) is 44.4 Å². The lowest BCUT2D eigenvalue weighted by molar-refractivity contribution is -0.383. The Morgan fingerprint density at radius 1 is 0.387 bits per heavy atom. The molecular formula is C75H88N6O25. The van der Waals surface area contributed by atoms with E-state index in [0.29, 0.717) is 22.3 Å². The second-order valence-electron chi connectivity index (χ2n) is 25.8. The number of carbonyl (C=O) groups is 2. The monoisotopic (exact) mass is 1470 g/mol. The zero-order valence-corrected chi connectivity index (χ0v) is 58.2. The highest BCUT2D eigenvalue weighted by Gasteiger charge is 2.60. The molecule has 0 aromatic heterocycles. The largest absolute Gasteiger partial charge is 0.479 e. The number of aliphatic hydroxyl groups excluding tert-OH is 5. The molecule has 5 saturated heterocycles. The number of carboxylic acid groups (broad SMARTS) is 1. The summed E-state index contributed by atoms with van der Waals surface area (Å²) in [5.41, 5.74) is 24.7. The predicted octanol–water partition coefficient (Wildman–Crippen LogP) is 6.26. The zero-order valence-electron chi connectivity index (χ0n) is 58.2. The van der Waals surface area contributed by atoms with E-state index in [1.807, 2.05) is 91.0 Å². The van der Waals surface area contributed by atoms with Gasteiger partial charge in [-0.1, -0.05) is 199 Å². The molecule has 25 atom stereocenters. The van der Waals surface area contributed by atoms with E-state index >= 15 is 0 Å². The summed E-state index contributed by atoms with van der Waals surface area (Å²) < 4.78 is 109. The van der Waals surface area contributed by atoms with Gasteiger partial charge in [-0.2, -0.15) is 0 Å². The van der Waals surface area contributed by atoms with Crippen molar-refractivity contribution < 1.29 is 121 Å². The molecule has 31 nitrogen and oxygen atoms in total. The SMILES string of the molecule is COC(=O)C1O[C@@H](O[C@H]2C(CO)O[C@@H](OC)C(C)[C@H]2OCc2ccccc2)C(O)[C@H](OCc2ccccc2)[C@H]1O[C@@H]1OC(CO)[C@H](O[C@@H]2OC(C(=O)O)[C@H](O[C@@H]3OC(CO)[C@H](OCc4ccccc4)[C@H](OCc4ccccc4)C3N=[N+]=[N-])[C@H](OCc3ccccc3)C2OCc2ccccc2)[C@H](O)C1N=[N+]=[N-]. The van der Waals surface area contributed by atoms with Crippen LogP contribution in [-0.2, 0) is 130 Å². The van der Waals surface area contributed by atoms with Gasteiger partial charge >= 0.3 is 11.9 Å². The lowest BCUT2D eigenvalue weighted by Gasteiger charge is -2.51. The highest BCUT2D eigenvalue weighted by molar-refractivity contribution is 5.75. The number of carbonyl (C=O) groups excluding carboxylic acids is 1. The Morgan fingerprint density at radius 2 is 0.736 bits per heavy atom. The van der Waals surface area contributed by atoms with Gasteiger partial charge in [0.1, 0.15) is 91.4 Å². The van der Waals surface area contributed by atoms with Crippen molar-refractivity contribution in [3.8, 4) is 0 Å². The van der Waals surface area contributed by atoms with Crippen molar-refractivity contribution in [3.05, 3.63) is 236 Å². The average Bonchev–Trinajstić information content (AvgIpc) is 0.765. The van der Waals surface area contributed by atoms with Crippen LogP contribution in [0.25, 0.3) is 20.9 Å². The first-order valence-electron chi connectivity index (χ1n) is 34.7. The van der Waals surface area contributed by atoms with Gasteiger partial charge in [0.25, 0.3) is 0 Å². The van der Waals surface area contributed by atoms with E-state index in [1.165, 1.54) is 7.11 Å². The topological polar surface area (TPSA) is 410 Å². The molecule has 5 aliphatic rings. The summed E-state index contributed by atoms with van der Waals surface area (Å²) >= 11 is 0. The van der Waals surface area contributed by atoms with Crippen LogP contribution in [0.2, 0.25) is 0 Å². The molecule has 31 heteroatoms. The van der Waals surface area contributed by atoms with Gasteiger partial charge < -0.3 is 111 Å². The number of methoxy groups -OCH3 is 2. The number of azide groups is 2. The number of aliphatic hydroxyl groups is 5. The molecule has 0 aliphatic carbocycles. The predicted molar refractivity (Wildman–Crippen MR) is 368 cm³/mol. The maximum Gasteiger partial charge on any atom is 0.337 e. The smallest absolute Gasteiger partial charge is 0.337 e. The minimum absolute atomic E-state index is 0.000142. The number of nitrogens with zero attached hydrogens (tertiary/aromatic N) is 6. The first-order chi connectivity index (χ1) is 51.8. The zero-order chi connectivity index (χ0) is 74.5. The van der Waals surface area contributed by atoms with Crippen molar-refractivity contribution in [2.45, 2.75) is 194 Å². The van der Waals surface area contributed by atoms with Gasteiger partial charge in [-0.15, -0.1) is 0 Å². The molecule has 0 saturated carbocycles. The normalized spacial score (nSPS) is 33.1. The number of hydrogen-bond donors (Lipinski definition) is 6. The number of carboxylic acids is 1. The molecule has 0 amide bonds. The molecule has 11 rings (SSSR count). The van der Waals surface area contributed by atoms with Gasteiger partial charge in [0, 0.05) is 22.9 Å². The first-order valence-corrected chi connectivity index (χ1v) is 34.7. The van der Waals surface area contributed by atoms with Crippen LogP contribution in [-0.4, -0.2) is 224 Å². The Labute approximate surface area is 610 Å². The van der Waals surface area contributed by atoms with Crippen LogP contribution in [0.5, 0.6) is 0 Å². The van der Waals surface area contributed by atoms with Crippen molar-refractivity contribution in [2.75, 3.05) is 34.0 Å². The van der Waals surface area contributed by atoms with Crippen LogP contribution in [0.1, 0.15) is 40.3 Å². The van der Waals surface area contributed by atoms with Crippen LogP contribution in [0.3, 0.4) is 0 Å². The van der Waals surface area contributed by atoms with Gasteiger partial charge in [0.2, 0.25) is 0 Å². The summed E-state index contributed by atoms with van der Waals surface area (Å²) in [7, 11) is 2.50. The van der Waals surface area contributed by atoms with Crippen LogP contribution in [0, 0.1) is 5.92 Å². The fraction of sp³-hybridized carbons (Fsp3) is 0.493. The van der Waals surface area contributed by atoms with Gasteiger partial charge in [0.15, 0.2) is 43.7 Å². The third kappa shape index (κ3) is 19.7. The molecule has 6 aromatic carbocycles. The first kappa shape index (κ1) is 79.1. The maximum absolute atomic E-state index is 14.3. The highest BCUT2D eigenvalue weighted by atomic mass is 16.8. The van der Waals surface area contributed by atoms with Crippen molar-refractivity contribution in [1.29, 1.82) is 0 Å². The van der Waals surface area contributed by atoms with Crippen molar-refractivity contribution in [1.82, 2.24) is 0 Å². The van der Waals surface area contributed by atoms with Gasteiger partial charge in [0.05, 0.1) is 78.8 Å². The van der Waals surface area contributed by atoms with Crippen LogP contribution in [0.15, 0.2) is 192 Å². The molecule has 0 bridgehead atoms. The summed E-state index contributed by atoms with van der Waals surface area (Å²) in [6.07, 6.45) is -35.6. The molecule has 6 N–H and O–H groups in total. The third-order valence-corrected chi connectivity index (χ3v) is 18.9. The average molecular weight is 1470 g/mol. The molecule has 5 fully saturated rings. The second-order valence-corrected chi connectivity index (χ2v) is 25.8. The molecule has 5 heterocycles. The molecule has 0 spiro atoms. The summed E-state index contributed by atoms with van der Waals surface area (Å²) in [5.74, 6) is -3.33. The van der Waals surface area contributed by atoms with Crippen molar-refractivity contribution >= 4 is 11.9 Å². The molecule has 10 unspecified atom stereocenters. The van der Waals surface area contributed by atoms with E-state index in [-0.39, 0.29) is 39.6 Å². The fourth-order valence-electron chi connectivity index (χ4n) is 13.5. The number of rotatable bonds is 34. The summed E-state index contributed by atoms with van der Waals surface area (Å²) in [6, 6.07) is 50.4. The van der Waals surface area contributed by atoms with Gasteiger partial charge in [-0.25, -0.2) is 9.59 Å². The molecular weight excluding hydrogens is 1380 g/mol. The fourth-order valence-corrected chi connectivity index (χ4v) is 13.5. The third-order valence-electron chi connectivity index (χ3n) is 18.9. The minimum atomic E-state index is -2.15. The maximum atomic E-state index is 14.3. The van der Waals surface area contributed by atoms with Crippen molar-refractivity contribution in [3.63, 3.8) is 0 Å². The Hall–Kier alpha value is -7.96. The van der Waals surface area contributed by atoms with E-state index < -0.39 is 185 Å². The van der Waals surface area contributed by atoms with E-state index in [0.717, 1.165) is 18.2 Å². The van der Waals surface area contributed by atoms with E-state index in [9.17, 15) is 51.3 Å². The molecule has 106 heavy (non-hydrogen) atoms. The number of hydrogen-bond acceptors (Lipinski definition) is 26. The standard InChI is InChI=1S/C75H88N6O25/c1-43-57(92-37-44-22-10-4-11-23-44)60(52(36-84)98-71(43)91-3)102-74-56(86)62(95-40-47-28-16-7-17-29-47)64(67(106-74)70(89)90-2)103-72-53(78-80-76)55(85)58(50(34-82)99-72)101-75-68(97-42-49-32-20-9-21-33-49)63(96-41-48-30-18-8-19-31-48)65(66(105-75)69(87)88)104-73-54(79-81-77)61(94-39-46-26-14-6-15-27-46)59(51(35-83)100-73)93-38-45-24-12-5-13-25-45/h4-33,43,50-68,71-75,82-86H,34-42H2,1-3H3,(H,87,88)/t43?,50?,51?,52?,53?,54?,55-,56?,57-,58+,59+,60+,61-,62+,63+,64-,65-,66?,67?,68?,71-,72+,73+,74-,75-/m1/s1. The Kier molecular flexibility index (Phi) is 29.3. The van der Waals surface area contributed by atoms with E-state index in [4.69, 9.17) is 80.5 Å². The molecule has 5 aliphatic heterocycles. The quantitative estimate of drug-likeness (QED) is 0.0112. The number of ether oxygens (including phenoxy) is 17. The van der Waals surface area contributed by atoms with Crippen LogP contribution >= 0.6 is 0 Å². The molecule has 568 valence electrons. The van der Waals surface area contributed by atoms with Crippen LogP contribution in [0.4, 0.5) is 0 Å². The lowest BCUT2D eigenvalue weighted by atomic mass is 9.91. The van der Waals surface area contributed by atoms with Crippen LogP contribution < -0.4 is 0 Å². The Bertz CT molecular complexity index is 3740. The summed E-state index contributed by atoms with van der Waals surface area (Å²) in [4.78, 5) is 34.6. The number of esters is 1. The highest BCUT2D eigenvalue weighted by Crippen LogP contribution is 2.41.